The average molecular weight is 285 g/mol. The Bertz CT molecular complexity index is 525. The van der Waals surface area contributed by atoms with Crippen LogP contribution in [0.2, 0.25) is 0 Å². The molecule has 1 aromatic carbocycles. The number of unbranched alkanes of at least 4 members (excludes halogenated alkanes) is 1. The summed E-state index contributed by atoms with van der Waals surface area (Å²) < 4.78 is 31.5. The summed E-state index contributed by atoms with van der Waals surface area (Å²) >= 11 is 0. The smallest absolute Gasteiger partial charge is 0.232 e. The third-order valence-corrected chi connectivity index (χ3v) is 3.83. The third kappa shape index (κ3) is 4.90. The molecular formula is C13H19NO4S. The minimum Gasteiger partial charge on any atom is -0.492 e. The van der Waals surface area contributed by atoms with E-state index in [0.29, 0.717) is 36.3 Å². The quantitative estimate of drug-likeness (QED) is 0.745. The van der Waals surface area contributed by atoms with Gasteiger partial charge in [0, 0.05) is 5.56 Å². The van der Waals surface area contributed by atoms with Crippen LogP contribution in [-0.4, -0.2) is 27.1 Å². The SMILES string of the molecule is CCCCS(=O)(=O)Nc1cc(C=O)ccc1OCC. The van der Waals surface area contributed by atoms with Crippen LogP contribution in [0, 0.1) is 0 Å². The molecule has 0 bridgehead atoms. The van der Waals surface area contributed by atoms with Gasteiger partial charge in [0.1, 0.15) is 12.0 Å². The number of carbonyl (C=O) groups is 1. The molecule has 19 heavy (non-hydrogen) atoms. The number of benzene rings is 1. The Balaban J connectivity index is 2.99. The summed E-state index contributed by atoms with van der Waals surface area (Å²) in [5, 5.41) is 0. The van der Waals surface area contributed by atoms with Gasteiger partial charge in [-0.3, -0.25) is 9.52 Å². The minimum absolute atomic E-state index is 0.0559. The lowest BCUT2D eigenvalue weighted by molar-refractivity contribution is 0.112. The van der Waals surface area contributed by atoms with E-state index < -0.39 is 10.0 Å². The number of hydrogen-bond acceptors (Lipinski definition) is 4. The molecule has 0 fully saturated rings. The monoisotopic (exact) mass is 285 g/mol. The van der Waals surface area contributed by atoms with Crippen LogP contribution in [0.3, 0.4) is 0 Å². The Morgan fingerprint density at radius 3 is 2.63 bits per heavy atom. The van der Waals surface area contributed by atoms with Crippen molar-refractivity contribution < 1.29 is 17.9 Å². The lowest BCUT2D eigenvalue weighted by atomic mass is 10.2. The predicted molar refractivity (Wildman–Crippen MR) is 75.3 cm³/mol. The second kappa shape index (κ2) is 7.13. The van der Waals surface area contributed by atoms with Crippen molar-refractivity contribution in [2.45, 2.75) is 26.7 Å². The van der Waals surface area contributed by atoms with E-state index in [1.807, 2.05) is 13.8 Å². The van der Waals surface area contributed by atoms with E-state index in [-0.39, 0.29) is 5.75 Å². The molecule has 6 heteroatoms. The lowest BCUT2D eigenvalue weighted by Crippen LogP contribution is -2.17. The Morgan fingerprint density at radius 1 is 1.32 bits per heavy atom. The van der Waals surface area contributed by atoms with E-state index in [4.69, 9.17) is 4.74 Å². The maximum absolute atomic E-state index is 11.9. The maximum atomic E-state index is 11.9. The van der Waals surface area contributed by atoms with Crippen LogP contribution in [0.15, 0.2) is 18.2 Å². The number of anilines is 1. The van der Waals surface area contributed by atoms with Gasteiger partial charge in [-0.25, -0.2) is 8.42 Å². The molecule has 0 unspecified atom stereocenters. The zero-order chi connectivity index (χ0) is 14.3. The minimum atomic E-state index is -3.41. The fourth-order valence-electron chi connectivity index (χ4n) is 1.53. The zero-order valence-corrected chi connectivity index (χ0v) is 12.0. The molecule has 0 radical (unpaired) electrons. The molecule has 0 heterocycles. The van der Waals surface area contributed by atoms with Crippen molar-refractivity contribution >= 4 is 22.0 Å². The first kappa shape index (κ1) is 15.5. The molecule has 0 aromatic heterocycles. The Kier molecular flexibility index (Phi) is 5.82. The van der Waals surface area contributed by atoms with Gasteiger partial charge in [0.25, 0.3) is 0 Å². The predicted octanol–water partition coefficient (Wildman–Crippen LogP) is 2.44. The van der Waals surface area contributed by atoms with Gasteiger partial charge in [-0.15, -0.1) is 0 Å². The van der Waals surface area contributed by atoms with Crippen LogP contribution < -0.4 is 9.46 Å². The van der Waals surface area contributed by atoms with Crippen LogP contribution in [0.4, 0.5) is 5.69 Å². The number of aldehydes is 1. The van der Waals surface area contributed by atoms with E-state index >= 15 is 0 Å². The summed E-state index contributed by atoms with van der Waals surface area (Å²) in [6.07, 6.45) is 2.06. The number of rotatable bonds is 8. The van der Waals surface area contributed by atoms with Crippen molar-refractivity contribution in [1.82, 2.24) is 0 Å². The molecule has 0 amide bonds. The Morgan fingerprint density at radius 2 is 2.05 bits per heavy atom. The zero-order valence-electron chi connectivity index (χ0n) is 11.2. The van der Waals surface area contributed by atoms with Gasteiger partial charge in [0.2, 0.25) is 10.0 Å². The largest absolute Gasteiger partial charge is 0.492 e. The number of nitrogens with one attached hydrogen (secondary N) is 1. The molecule has 1 rings (SSSR count). The fraction of sp³-hybridized carbons (Fsp3) is 0.462. The normalized spacial score (nSPS) is 11.1. The first-order chi connectivity index (χ1) is 9.02. The topological polar surface area (TPSA) is 72.5 Å². The summed E-state index contributed by atoms with van der Waals surface area (Å²) in [4.78, 5) is 10.7. The van der Waals surface area contributed by atoms with Crippen molar-refractivity contribution in [3.63, 3.8) is 0 Å². The number of carbonyl (C=O) groups excluding carboxylic acids is 1. The van der Waals surface area contributed by atoms with Gasteiger partial charge in [-0.1, -0.05) is 13.3 Å². The van der Waals surface area contributed by atoms with Crippen molar-refractivity contribution in [3.8, 4) is 5.75 Å². The second-order valence-corrected chi connectivity index (χ2v) is 5.92. The lowest BCUT2D eigenvalue weighted by Gasteiger charge is -2.13. The van der Waals surface area contributed by atoms with Crippen LogP contribution in [0.25, 0.3) is 0 Å². The standard InChI is InChI=1S/C13H19NO4S/c1-3-5-8-19(16,17)14-12-9-11(10-15)6-7-13(12)18-4-2/h6-7,9-10,14H,3-5,8H2,1-2H3. The van der Waals surface area contributed by atoms with Crippen molar-refractivity contribution in [2.75, 3.05) is 17.1 Å². The first-order valence-electron chi connectivity index (χ1n) is 6.25. The third-order valence-electron chi connectivity index (χ3n) is 2.47. The number of hydrogen-bond donors (Lipinski definition) is 1. The van der Waals surface area contributed by atoms with E-state index in [1.165, 1.54) is 6.07 Å². The highest BCUT2D eigenvalue weighted by atomic mass is 32.2. The highest BCUT2D eigenvalue weighted by molar-refractivity contribution is 7.92. The molecule has 0 aliphatic rings. The summed E-state index contributed by atoms with van der Waals surface area (Å²) in [5.74, 6) is 0.480. The van der Waals surface area contributed by atoms with Crippen molar-refractivity contribution in [3.05, 3.63) is 23.8 Å². The van der Waals surface area contributed by atoms with Crippen molar-refractivity contribution in [1.29, 1.82) is 0 Å². The van der Waals surface area contributed by atoms with Gasteiger partial charge in [-0.05, 0) is 31.5 Å². The summed E-state index contributed by atoms with van der Waals surface area (Å²) in [6, 6.07) is 4.65. The Hall–Kier alpha value is -1.56. The van der Waals surface area contributed by atoms with E-state index in [1.54, 1.807) is 12.1 Å². The molecule has 1 aromatic rings. The molecule has 0 aliphatic heterocycles. The van der Waals surface area contributed by atoms with E-state index in [0.717, 1.165) is 6.42 Å². The molecule has 0 saturated carbocycles. The van der Waals surface area contributed by atoms with Crippen LogP contribution >= 0.6 is 0 Å². The highest BCUT2D eigenvalue weighted by Crippen LogP contribution is 2.26. The average Bonchev–Trinajstić information content (AvgIpc) is 2.38. The number of ether oxygens (including phenoxy) is 1. The van der Waals surface area contributed by atoms with Gasteiger partial charge >= 0.3 is 0 Å². The molecule has 0 spiro atoms. The highest BCUT2D eigenvalue weighted by Gasteiger charge is 2.13. The molecule has 0 atom stereocenters. The van der Waals surface area contributed by atoms with E-state index in [2.05, 4.69) is 4.72 Å². The Labute approximate surface area is 114 Å². The fourth-order valence-corrected chi connectivity index (χ4v) is 2.80. The number of sulfonamides is 1. The van der Waals surface area contributed by atoms with Crippen LogP contribution in [-0.2, 0) is 10.0 Å². The molecule has 0 aliphatic carbocycles. The molecule has 1 N–H and O–H groups in total. The van der Waals surface area contributed by atoms with Gasteiger partial charge < -0.3 is 4.74 Å². The first-order valence-corrected chi connectivity index (χ1v) is 7.90. The summed E-state index contributed by atoms with van der Waals surface area (Å²) in [6.45, 7) is 4.15. The second-order valence-electron chi connectivity index (χ2n) is 4.08. The van der Waals surface area contributed by atoms with Crippen LogP contribution in [0.1, 0.15) is 37.0 Å². The van der Waals surface area contributed by atoms with E-state index in [9.17, 15) is 13.2 Å². The van der Waals surface area contributed by atoms with Crippen LogP contribution in [0.5, 0.6) is 5.75 Å². The molecular weight excluding hydrogens is 266 g/mol. The maximum Gasteiger partial charge on any atom is 0.232 e. The van der Waals surface area contributed by atoms with Crippen molar-refractivity contribution in [2.24, 2.45) is 0 Å². The molecule has 106 valence electrons. The van der Waals surface area contributed by atoms with Gasteiger partial charge in [-0.2, -0.15) is 0 Å². The molecule has 5 nitrogen and oxygen atoms in total. The molecule has 0 saturated heterocycles. The van der Waals surface area contributed by atoms with Gasteiger partial charge in [0.15, 0.2) is 0 Å². The van der Waals surface area contributed by atoms with Gasteiger partial charge in [0.05, 0.1) is 18.0 Å². The summed E-state index contributed by atoms with van der Waals surface area (Å²) in [7, 11) is -3.41. The summed E-state index contributed by atoms with van der Waals surface area (Å²) in [5.41, 5.74) is 0.708.